The zero-order chi connectivity index (χ0) is 25.3. The standard InChI is InChI=1S/C27H30N4O4S/c1-19(32)20-6-4-8-23(16-20)28-27(33)22-7-5-13-30(18-22)26-12-9-21-17-24(10-11-25(21)29-26)36(34,35)31-14-2-3-15-31/h4,6,8-12,16-17,22H,2-3,5,7,13-15,18H2,1H3,(H,28,33). The van der Waals surface area contributed by atoms with Crippen LogP contribution in [0.1, 0.15) is 43.0 Å². The molecule has 2 fully saturated rings. The van der Waals surface area contributed by atoms with Gasteiger partial charge in [-0.05, 0) is 75.1 Å². The van der Waals surface area contributed by atoms with Gasteiger partial charge in [0, 0.05) is 42.8 Å². The number of rotatable bonds is 6. The number of aromatic nitrogens is 1. The molecule has 2 aliphatic heterocycles. The minimum Gasteiger partial charge on any atom is -0.356 e. The molecule has 2 saturated heterocycles. The van der Waals surface area contributed by atoms with Crippen LogP contribution in [0.3, 0.4) is 0 Å². The molecule has 1 aromatic heterocycles. The zero-order valence-electron chi connectivity index (χ0n) is 20.3. The minimum absolute atomic E-state index is 0.0434. The number of amides is 1. The first-order chi connectivity index (χ1) is 17.3. The van der Waals surface area contributed by atoms with Crippen molar-refractivity contribution in [3.63, 3.8) is 0 Å². The van der Waals surface area contributed by atoms with Gasteiger partial charge in [-0.25, -0.2) is 13.4 Å². The third kappa shape index (κ3) is 4.99. The lowest BCUT2D eigenvalue weighted by Gasteiger charge is -2.33. The molecule has 8 nitrogen and oxygen atoms in total. The summed E-state index contributed by atoms with van der Waals surface area (Å²) in [7, 11) is -3.48. The van der Waals surface area contributed by atoms with Crippen molar-refractivity contribution in [3.05, 3.63) is 60.2 Å². The minimum atomic E-state index is -3.48. The van der Waals surface area contributed by atoms with E-state index in [1.807, 2.05) is 12.1 Å². The Morgan fingerprint density at radius 3 is 2.56 bits per heavy atom. The third-order valence-corrected chi connectivity index (χ3v) is 8.90. The Hall–Kier alpha value is -3.30. The fraction of sp³-hybridized carbons (Fsp3) is 0.370. The first-order valence-corrected chi connectivity index (χ1v) is 13.8. The molecule has 36 heavy (non-hydrogen) atoms. The Morgan fingerprint density at radius 1 is 0.972 bits per heavy atom. The summed E-state index contributed by atoms with van der Waals surface area (Å²) in [5.41, 5.74) is 1.91. The predicted octanol–water partition coefficient (Wildman–Crippen LogP) is 4.08. The zero-order valence-corrected chi connectivity index (χ0v) is 21.1. The molecule has 1 unspecified atom stereocenters. The number of nitrogens with one attached hydrogen (secondary N) is 1. The maximum Gasteiger partial charge on any atom is 0.243 e. The highest BCUT2D eigenvalue weighted by Gasteiger charge is 2.28. The highest BCUT2D eigenvalue weighted by atomic mass is 32.2. The fourth-order valence-electron chi connectivity index (χ4n) is 4.97. The molecule has 3 heterocycles. The van der Waals surface area contributed by atoms with Gasteiger partial charge in [0.25, 0.3) is 0 Å². The van der Waals surface area contributed by atoms with Crippen molar-refractivity contribution < 1.29 is 18.0 Å². The van der Waals surface area contributed by atoms with E-state index >= 15 is 0 Å². The number of anilines is 2. The first kappa shape index (κ1) is 24.4. The Labute approximate surface area is 211 Å². The van der Waals surface area contributed by atoms with E-state index in [0.29, 0.717) is 35.8 Å². The summed E-state index contributed by atoms with van der Waals surface area (Å²) in [6.45, 7) is 3.98. The van der Waals surface area contributed by atoms with Gasteiger partial charge in [0.05, 0.1) is 16.3 Å². The van der Waals surface area contributed by atoms with Crippen LogP contribution in [0.5, 0.6) is 0 Å². The number of sulfonamides is 1. The third-order valence-electron chi connectivity index (χ3n) is 7.00. The molecule has 0 spiro atoms. The maximum atomic E-state index is 13.0. The number of carbonyl (C=O) groups excluding carboxylic acids is 2. The van der Waals surface area contributed by atoms with Gasteiger partial charge in [-0.1, -0.05) is 12.1 Å². The first-order valence-electron chi connectivity index (χ1n) is 12.4. The van der Waals surface area contributed by atoms with Crippen LogP contribution in [0.4, 0.5) is 11.5 Å². The Kier molecular flexibility index (Phi) is 6.77. The Bertz CT molecular complexity index is 1420. The molecule has 188 valence electrons. The molecule has 5 rings (SSSR count). The van der Waals surface area contributed by atoms with Gasteiger partial charge >= 0.3 is 0 Å². The average molecular weight is 507 g/mol. The normalized spacial score (nSPS) is 18.9. The van der Waals surface area contributed by atoms with Gasteiger partial charge < -0.3 is 10.2 Å². The van der Waals surface area contributed by atoms with E-state index in [0.717, 1.165) is 48.9 Å². The van der Waals surface area contributed by atoms with Gasteiger partial charge in [0.2, 0.25) is 15.9 Å². The van der Waals surface area contributed by atoms with Crippen LogP contribution in [0.25, 0.3) is 10.9 Å². The molecule has 2 aromatic carbocycles. The number of fused-ring (bicyclic) bond motifs is 1. The lowest BCUT2D eigenvalue weighted by Crippen LogP contribution is -2.41. The van der Waals surface area contributed by atoms with Crippen LogP contribution in [0, 0.1) is 5.92 Å². The van der Waals surface area contributed by atoms with Gasteiger partial charge in [0.1, 0.15) is 5.82 Å². The second-order valence-electron chi connectivity index (χ2n) is 9.55. The number of Topliss-reactive ketones (excluding diaryl/α,β-unsaturated/α-hetero) is 1. The summed E-state index contributed by atoms with van der Waals surface area (Å²) >= 11 is 0. The molecule has 9 heteroatoms. The summed E-state index contributed by atoms with van der Waals surface area (Å²) in [6, 6.07) is 15.9. The number of benzene rings is 2. The molecule has 1 amide bonds. The number of pyridine rings is 1. The van der Waals surface area contributed by atoms with Crippen molar-refractivity contribution in [2.45, 2.75) is 37.5 Å². The summed E-state index contributed by atoms with van der Waals surface area (Å²) in [5, 5.41) is 3.73. The van der Waals surface area contributed by atoms with Crippen LogP contribution in [-0.2, 0) is 14.8 Å². The van der Waals surface area contributed by atoms with Crippen molar-refractivity contribution >= 4 is 44.1 Å². The molecule has 1 N–H and O–H groups in total. The van der Waals surface area contributed by atoms with Crippen molar-refractivity contribution in [1.29, 1.82) is 0 Å². The maximum absolute atomic E-state index is 13.0. The largest absolute Gasteiger partial charge is 0.356 e. The Morgan fingerprint density at radius 2 is 1.78 bits per heavy atom. The van der Waals surface area contributed by atoms with Gasteiger partial charge in [-0.15, -0.1) is 0 Å². The van der Waals surface area contributed by atoms with E-state index < -0.39 is 10.0 Å². The highest BCUT2D eigenvalue weighted by molar-refractivity contribution is 7.89. The molecular formula is C27H30N4O4S. The number of carbonyl (C=O) groups is 2. The summed E-state index contributed by atoms with van der Waals surface area (Å²) in [4.78, 5) is 31.8. The SMILES string of the molecule is CC(=O)c1cccc(NC(=O)C2CCCN(c3ccc4cc(S(=O)(=O)N5CCCC5)ccc4n3)C2)c1. The van der Waals surface area contributed by atoms with Gasteiger partial charge in [0.15, 0.2) is 5.78 Å². The van der Waals surface area contributed by atoms with E-state index in [2.05, 4.69) is 10.2 Å². The molecule has 0 saturated carbocycles. The monoisotopic (exact) mass is 506 g/mol. The second kappa shape index (κ2) is 9.99. The number of hydrogen-bond acceptors (Lipinski definition) is 6. The smallest absolute Gasteiger partial charge is 0.243 e. The lowest BCUT2D eigenvalue weighted by atomic mass is 9.97. The quantitative estimate of drug-likeness (QED) is 0.506. The van der Waals surface area contributed by atoms with E-state index in [-0.39, 0.29) is 17.6 Å². The van der Waals surface area contributed by atoms with Gasteiger partial charge in [-0.3, -0.25) is 9.59 Å². The molecule has 3 aromatic rings. The predicted molar refractivity (Wildman–Crippen MR) is 140 cm³/mol. The number of piperidine rings is 1. The van der Waals surface area contributed by atoms with Crippen molar-refractivity contribution in [1.82, 2.24) is 9.29 Å². The van der Waals surface area contributed by atoms with E-state index in [9.17, 15) is 18.0 Å². The van der Waals surface area contributed by atoms with Crippen LogP contribution in [0.2, 0.25) is 0 Å². The lowest BCUT2D eigenvalue weighted by molar-refractivity contribution is -0.120. The number of nitrogens with zero attached hydrogens (tertiary/aromatic N) is 3. The molecule has 0 aliphatic carbocycles. The van der Waals surface area contributed by atoms with Crippen molar-refractivity contribution in [3.8, 4) is 0 Å². The van der Waals surface area contributed by atoms with E-state index in [1.54, 1.807) is 46.8 Å². The van der Waals surface area contributed by atoms with Crippen LogP contribution in [-0.4, -0.2) is 55.6 Å². The average Bonchev–Trinajstić information content (AvgIpc) is 3.44. The second-order valence-corrected chi connectivity index (χ2v) is 11.5. The number of hydrogen-bond donors (Lipinski definition) is 1. The molecule has 0 radical (unpaired) electrons. The number of ketones is 1. The van der Waals surface area contributed by atoms with Crippen LogP contribution < -0.4 is 10.2 Å². The Balaban J connectivity index is 1.30. The van der Waals surface area contributed by atoms with E-state index in [4.69, 9.17) is 4.98 Å². The van der Waals surface area contributed by atoms with E-state index in [1.165, 1.54) is 6.92 Å². The van der Waals surface area contributed by atoms with Gasteiger partial charge in [-0.2, -0.15) is 4.31 Å². The highest BCUT2D eigenvalue weighted by Crippen LogP contribution is 2.28. The summed E-state index contributed by atoms with van der Waals surface area (Å²) in [5.74, 6) is 0.454. The molecule has 0 bridgehead atoms. The topological polar surface area (TPSA) is 99.7 Å². The summed E-state index contributed by atoms with van der Waals surface area (Å²) < 4.78 is 27.4. The fourth-order valence-corrected chi connectivity index (χ4v) is 6.52. The molecule has 1 atom stereocenters. The van der Waals surface area contributed by atoms with Crippen LogP contribution in [0.15, 0.2) is 59.5 Å². The molecule has 2 aliphatic rings. The van der Waals surface area contributed by atoms with Crippen LogP contribution >= 0.6 is 0 Å². The molecular weight excluding hydrogens is 476 g/mol. The van der Waals surface area contributed by atoms with Crippen molar-refractivity contribution in [2.75, 3.05) is 36.4 Å². The summed E-state index contributed by atoms with van der Waals surface area (Å²) in [6.07, 6.45) is 3.44. The van der Waals surface area contributed by atoms with Crippen molar-refractivity contribution in [2.24, 2.45) is 5.92 Å².